The highest BCUT2D eigenvalue weighted by molar-refractivity contribution is 5.69. The van der Waals surface area contributed by atoms with Crippen LogP contribution in [0.5, 0.6) is 0 Å². The fourth-order valence-electron chi connectivity index (χ4n) is 3.50. The lowest BCUT2D eigenvalue weighted by molar-refractivity contribution is 0.0422. The molecular formula is C14H25NO2. The maximum absolute atomic E-state index is 11.9. The lowest BCUT2D eigenvalue weighted by Gasteiger charge is -2.38. The quantitative estimate of drug-likeness (QED) is 0.759. The van der Waals surface area contributed by atoms with E-state index in [-0.39, 0.29) is 11.6 Å². The van der Waals surface area contributed by atoms with Crippen LogP contribution in [-0.4, -0.2) is 17.2 Å². The van der Waals surface area contributed by atoms with Crippen LogP contribution in [0.1, 0.15) is 66.2 Å². The van der Waals surface area contributed by atoms with Gasteiger partial charge in [-0.2, -0.15) is 0 Å². The van der Waals surface area contributed by atoms with E-state index < -0.39 is 5.60 Å². The van der Waals surface area contributed by atoms with E-state index in [2.05, 4.69) is 12.2 Å². The predicted octanol–water partition coefficient (Wildman–Crippen LogP) is 3.62. The molecule has 1 amide bonds. The third-order valence-corrected chi connectivity index (χ3v) is 4.17. The second kappa shape index (κ2) is 3.89. The molecule has 3 nitrogen and oxygen atoms in total. The minimum atomic E-state index is -0.405. The standard InChI is InChI=1S/C14H25NO2/c1-12(2,3)17-11(16)15-14-7-5-6-13(4,10-14)8-9-14/h5-10H2,1-4H3,(H,15,16). The molecule has 0 saturated heterocycles. The molecule has 17 heavy (non-hydrogen) atoms. The number of ether oxygens (including phenoxy) is 1. The summed E-state index contributed by atoms with van der Waals surface area (Å²) < 4.78 is 5.37. The van der Waals surface area contributed by atoms with Crippen LogP contribution in [0.4, 0.5) is 4.79 Å². The van der Waals surface area contributed by atoms with Gasteiger partial charge in [-0.15, -0.1) is 0 Å². The van der Waals surface area contributed by atoms with Crippen LogP contribution in [0, 0.1) is 5.41 Å². The number of fused-ring (bicyclic) bond motifs is 2. The molecule has 3 heteroatoms. The first-order valence-electron chi connectivity index (χ1n) is 6.73. The molecule has 0 radical (unpaired) electrons. The number of carbonyl (C=O) groups excluding carboxylic acids is 1. The number of alkyl carbamates (subject to hydrolysis) is 1. The van der Waals surface area contributed by atoms with Crippen molar-refractivity contribution < 1.29 is 9.53 Å². The summed E-state index contributed by atoms with van der Waals surface area (Å²) in [6, 6.07) is 0. The average Bonchev–Trinajstić information content (AvgIpc) is 2.33. The van der Waals surface area contributed by atoms with Gasteiger partial charge in [-0.05, 0) is 58.3 Å². The summed E-state index contributed by atoms with van der Waals surface area (Å²) in [5.41, 5.74) is 0.0693. The third kappa shape index (κ3) is 2.93. The molecule has 2 rings (SSSR count). The van der Waals surface area contributed by atoms with Gasteiger partial charge in [0.25, 0.3) is 0 Å². The number of carbonyl (C=O) groups is 1. The minimum Gasteiger partial charge on any atom is -0.444 e. The summed E-state index contributed by atoms with van der Waals surface area (Å²) in [6.07, 6.45) is 6.88. The van der Waals surface area contributed by atoms with E-state index in [0.717, 1.165) is 19.3 Å². The zero-order valence-corrected chi connectivity index (χ0v) is 11.6. The van der Waals surface area contributed by atoms with Gasteiger partial charge in [-0.25, -0.2) is 4.79 Å². The fraction of sp³-hybridized carbons (Fsp3) is 0.929. The second-order valence-corrected chi connectivity index (χ2v) is 7.25. The van der Waals surface area contributed by atoms with Crippen molar-refractivity contribution in [2.75, 3.05) is 0 Å². The molecule has 0 aromatic rings. The smallest absolute Gasteiger partial charge is 0.408 e. The van der Waals surface area contributed by atoms with E-state index in [1.165, 1.54) is 19.3 Å². The van der Waals surface area contributed by atoms with Crippen molar-refractivity contribution in [3.63, 3.8) is 0 Å². The van der Waals surface area contributed by atoms with Gasteiger partial charge < -0.3 is 10.1 Å². The van der Waals surface area contributed by atoms with Gasteiger partial charge in [0.05, 0.1) is 0 Å². The summed E-state index contributed by atoms with van der Waals surface area (Å²) in [5.74, 6) is 0. The summed E-state index contributed by atoms with van der Waals surface area (Å²) in [5, 5.41) is 3.14. The molecule has 2 bridgehead atoms. The first kappa shape index (κ1) is 12.7. The zero-order valence-electron chi connectivity index (χ0n) is 11.6. The molecule has 0 heterocycles. The lowest BCUT2D eigenvalue weighted by Crippen LogP contribution is -2.50. The Bertz CT molecular complexity index is 321. The maximum Gasteiger partial charge on any atom is 0.408 e. The first-order valence-corrected chi connectivity index (χ1v) is 6.73. The molecule has 0 aliphatic heterocycles. The molecule has 0 aromatic carbocycles. The zero-order chi connectivity index (χ0) is 12.7. The Labute approximate surface area is 104 Å². The molecule has 2 unspecified atom stereocenters. The van der Waals surface area contributed by atoms with Crippen molar-refractivity contribution in [3.8, 4) is 0 Å². The van der Waals surface area contributed by atoms with Crippen LogP contribution in [0.2, 0.25) is 0 Å². The molecular weight excluding hydrogens is 214 g/mol. The van der Waals surface area contributed by atoms with Crippen molar-refractivity contribution in [2.24, 2.45) is 5.41 Å². The lowest BCUT2D eigenvalue weighted by atomic mass is 9.74. The highest BCUT2D eigenvalue weighted by atomic mass is 16.6. The van der Waals surface area contributed by atoms with Gasteiger partial charge in [-0.3, -0.25) is 0 Å². The Balaban J connectivity index is 1.97. The van der Waals surface area contributed by atoms with Crippen molar-refractivity contribution in [1.29, 1.82) is 0 Å². The van der Waals surface area contributed by atoms with E-state index in [1.807, 2.05) is 20.8 Å². The van der Waals surface area contributed by atoms with Crippen LogP contribution < -0.4 is 5.32 Å². The van der Waals surface area contributed by atoms with E-state index >= 15 is 0 Å². The first-order chi connectivity index (χ1) is 7.72. The SMILES string of the molecule is CC12CCCC(NC(=O)OC(C)(C)C)(CC1)C2. The van der Waals surface area contributed by atoms with Crippen molar-refractivity contribution in [3.05, 3.63) is 0 Å². The molecule has 2 atom stereocenters. The normalized spacial score (nSPS) is 36.7. The number of hydrogen-bond acceptors (Lipinski definition) is 2. The fourth-order valence-corrected chi connectivity index (χ4v) is 3.50. The molecule has 0 aromatic heterocycles. The molecule has 0 spiro atoms. The predicted molar refractivity (Wildman–Crippen MR) is 67.9 cm³/mol. The Kier molecular flexibility index (Phi) is 2.91. The number of amides is 1. The summed E-state index contributed by atoms with van der Waals surface area (Å²) in [7, 11) is 0. The Morgan fingerprint density at radius 2 is 1.88 bits per heavy atom. The van der Waals surface area contributed by atoms with Gasteiger partial charge in [0.15, 0.2) is 0 Å². The van der Waals surface area contributed by atoms with Crippen LogP contribution >= 0.6 is 0 Å². The second-order valence-electron chi connectivity index (χ2n) is 7.25. The van der Waals surface area contributed by atoms with Gasteiger partial charge in [0.1, 0.15) is 5.60 Å². The molecule has 98 valence electrons. The van der Waals surface area contributed by atoms with Gasteiger partial charge >= 0.3 is 6.09 Å². The van der Waals surface area contributed by atoms with E-state index in [0.29, 0.717) is 5.41 Å². The molecule has 1 N–H and O–H groups in total. The number of nitrogens with one attached hydrogen (secondary N) is 1. The highest BCUT2D eigenvalue weighted by Gasteiger charge is 2.49. The summed E-state index contributed by atoms with van der Waals surface area (Å²) >= 11 is 0. The summed E-state index contributed by atoms with van der Waals surface area (Å²) in [6.45, 7) is 8.07. The Hall–Kier alpha value is -0.730. The highest BCUT2D eigenvalue weighted by Crippen LogP contribution is 2.53. The molecule has 2 saturated carbocycles. The van der Waals surface area contributed by atoms with Gasteiger partial charge in [0, 0.05) is 5.54 Å². The van der Waals surface area contributed by atoms with Gasteiger partial charge in [0.2, 0.25) is 0 Å². The topological polar surface area (TPSA) is 38.3 Å². The summed E-state index contributed by atoms with van der Waals surface area (Å²) in [4.78, 5) is 11.9. The monoisotopic (exact) mass is 239 g/mol. The molecule has 2 aliphatic carbocycles. The Morgan fingerprint density at radius 1 is 1.18 bits per heavy atom. The minimum absolute atomic E-state index is 0.0231. The largest absolute Gasteiger partial charge is 0.444 e. The van der Waals surface area contributed by atoms with Gasteiger partial charge in [-0.1, -0.05) is 13.3 Å². The van der Waals surface area contributed by atoms with Crippen LogP contribution in [-0.2, 0) is 4.74 Å². The van der Waals surface area contributed by atoms with E-state index in [4.69, 9.17) is 4.74 Å². The Morgan fingerprint density at radius 3 is 2.53 bits per heavy atom. The maximum atomic E-state index is 11.9. The number of rotatable bonds is 1. The average molecular weight is 239 g/mol. The van der Waals surface area contributed by atoms with Crippen molar-refractivity contribution >= 4 is 6.09 Å². The van der Waals surface area contributed by atoms with Crippen LogP contribution in [0.15, 0.2) is 0 Å². The van der Waals surface area contributed by atoms with Crippen LogP contribution in [0.25, 0.3) is 0 Å². The van der Waals surface area contributed by atoms with Crippen LogP contribution in [0.3, 0.4) is 0 Å². The molecule has 2 fully saturated rings. The van der Waals surface area contributed by atoms with E-state index in [9.17, 15) is 4.79 Å². The number of hydrogen-bond donors (Lipinski definition) is 1. The van der Waals surface area contributed by atoms with E-state index in [1.54, 1.807) is 0 Å². The van der Waals surface area contributed by atoms with Crippen molar-refractivity contribution in [1.82, 2.24) is 5.32 Å². The third-order valence-electron chi connectivity index (χ3n) is 4.17. The van der Waals surface area contributed by atoms with Crippen molar-refractivity contribution in [2.45, 2.75) is 77.4 Å². The molecule has 2 aliphatic rings.